The molecule has 1 aliphatic rings. The summed E-state index contributed by atoms with van der Waals surface area (Å²) in [5.74, 6) is 0. The van der Waals surface area contributed by atoms with E-state index in [1.54, 1.807) is 0 Å². The fraction of sp³-hybridized carbons (Fsp3) is 0.714. The van der Waals surface area contributed by atoms with Crippen LogP contribution in [-0.2, 0) is 6.42 Å². The predicted molar refractivity (Wildman–Crippen MR) is 68.8 cm³/mol. The van der Waals surface area contributed by atoms with Gasteiger partial charge in [-0.05, 0) is 51.7 Å². The minimum atomic E-state index is 0.262. The molecule has 2 heteroatoms. The lowest BCUT2D eigenvalue weighted by molar-refractivity contribution is 0.498. The molecule has 0 radical (unpaired) electrons. The normalized spacial score (nSPS) is 19.2. The topological polar surface area (TPSA) is 30.9 Å². The van der Waals surface area contributed by atoms with Crippen LogP contribution in [0.1, 0.15) is 55.6 Å². The predicted octanol–water partition coefficient (Wildman–Crippen LogP) is 3.11. The number of hydrogen-bond acceptors (Lipinski definition) is 1. The van der Waals surface area contributed by atoms with E-state index in [9.17, 15) is 0 Å². The number of aromatic nitrogens is 1. The van der Waals surface area contributed by atoms with Gasteiger partial charge in [-0.15, -0.1) is 0 Å². The van der Waals surface area contributed by atoms with Crippen molar-refractivity contribution in [3.8, 4) is 0 Å². The highest BCUT2D eigenvalue weighted by Gasteiger charge is 2.21. The average Bonchev–Trinajstić information content (AvgIpc) is 2.76. The van der Waals surface area contributed by atoms with Crippen molar-refractivity contribution in [2.45, 2.75) is 65.0 Å². The highest BCUT2D eigenvalue weighted by atomic mass is 15.0. The Morgan fingerprint density at radius 2 is 2.00 bits per heavy atom. The van der Waals surface area contributed by atoms with Gasteiger partial charge in [-0.3, -0.25) is 0 Å². The number of nitrogens with two attached hydrogens (primary N) is 1. The maximum absolute atomic E-state index is 5.90. The monoisotopic (exact) mass is 220 g/mol. The fourth-order valence-corrected chi connectivity index (χ4v) is 3.12. The molecule has 0 saturated heterocycles. The van der Waals surface area contributed by atoms with Crippen LogP contribution in [0.2, 0.25) is 0 Å². The zero-order chi connectivity index (χ0) is 11.7. The molecule has 16 heavy (non-hydrogen) atoms. The van der Waals surface area contributed by atoms with Gasteiger partial charge in [-0.1, -0.05) is 12.8 Å². The SMILES string of the molecule is Cc1cc(CC(C)N)c(C)n1C1CCCC1. The van der Waals surface area contributed by atoms with Crippen LogP contribution in [-0.4, -0.2) is 10.6 Å². The molecule has 1 aromatic heterocycles. The van der Waals surface area contributed by atoms with Gasteiger partial charge in [0.15, 0.2) is 0 Å². The third-order valence-corrected chi connectivity index (χ3v) is 3.82. The van der Waals surface area contributed by atoms with E-state index in [0.717, 1.165) is 12.5 Å². The molecule has 1 saturated carbocycles. The van der Waals surface area contributed by atoms with Gasteiger partial charge in [0.05, 0.1) is 0 Å². The van der Waals surface area contributed by atoms with Crippen LogP contribution in [0.3, 0.4) is 0 Å². The minimum absolute atomic E-state index is 0.262. The Kier molecular flexibility index (Phi) is 3.38. The molecular formula is C14H24N2. The van der Waals surface area contributed by atoms with Crippen LogP contribution in [0.15, 0.2) is 6.07 Å². The van der Waals surface area contributed by atoms with E-state index < -0.39 is 0 Å². The molecule has 0 aliphatic heterocycles. The standard InChI is InChI=1S/C14H24N2/c1-10(15)8-13-9-11(2)16(12(13)3)14-6-4-5-7-14/h9-10,14H,4-8,15H2,1-3H3. The summed E-state index contributed by atoms with van der Waals surface area (Å²) in [5, 5.41) is 0. The lowest BCUT2D eigenvalue weighted by Gasteiger charge is -2.17. The van der Waals surface area contributed by atoms with E-state index in [4.69, 9.17) is 5.73 Å². The molecule has 1 heterocycles. The summed E-state index contributed by atoms with van der Waals surface area (Å²) < 4.78 is 2.55. The van der Waals surface area contributed by atoms with Gasteiger partial charge in [0.1, 0.15) is 0 Å². The van der Waals surface area contributed by atoms with Crippen molar-refractivity contribution in [1.82, 2.24) is 4.57 Å². The van der Waals surface area contributed by atoms with Gasteiger partial charge in [0, 0.05) is 23.5 Å². The lowest BCUT2D eigenvalue weighted by atomic mass is 10.1. The van der Waals surface area contributed by atoms with Crippen LogP contribution in [0.4, 0.5) is 0 Å². The van der Waals surface area contributed by atoms with Gasteiger partial charge < -0.3 is 10.3 Å². The zero-order valence-electron chi connectivity index (χ0n) is 10.8. The van der Waals surface area contributed by atoms with Crippen molar-refractivity contribution in [3.63, 3.8) is 0 Å². The molecule has 1 aliphatic carbocycles. The smallest absolute Gasteiger partial charge is 0.0335 e. The highest BCUT2D eigenvalue weighted by molar-refractivity contribution is 5.28. The van der Waals surface area contributed by atoms with Gasteiger partial charge in [-0.2, -0.15) is 0 Å². The van der Waals surface area contributed by atoms with E-state index in [1.807, 2.05) is 0 Å². The van der Waals surface area contributed by atoms with Crippen LogP contribution in [0.25, 0.3) is 0 Å². The molecule has 1 atom stereocenters. The molecule has 1 fully saturated rings. The largest absolute Gasteiger partial charge is 0.346 e. The number of rotatable bonds is 3. The van der Waals surface area contributed by atoms with E-state index >= 15 is 0 Å². The van der Waals surface area contributed by atoms with Crippen LogP contribution < -0.4 is 5.73 Å². The first-order chi connectivity index (χ1) is 7.59. The van der Waals surface area contributed by atoms with Crippen molar-refractivity contribution in [3.05, 3.63) is 23.0 Å². The van der Waals surface area contributed by atoms with Crippen LogP contribution >= 0.6 is 0 Å². The number of nitrogens with zero attached hydrogens (tertiary/aromatic N) is 1. The molecule has 0 spiro atoms. The molecule has 90 valence electrons. The molecule has 2 N–H and O–H groups in total. The van der Waals surface area contributed by atoms with E-state index in [-0.39, 0.29) is 6.04 Å². The summed E-state index contributed by atoms with van der Waals surface area (Å²) in [6.45, 7) is 6.57. The summed E-state index contributed by atoms with van der Waals surface area (Å²) in [6.07, 6.45) is 6.50. The second-order valence-electron chi connectivity index (χ2n) is 5.39. The quantitative estimate of drug-likeness (QED) is 0.833. The van der Waals surface area contributed by atoms with Gasteiger partial charge in [-0.25, -0.2) is 0 Å². The Hall–Kier alpha value is -0.760. The Morgan fingerprint density at radius 3 is 2.56 bits per heavy atom. The first-order valence-corrected chi connectivity index (χ1v) is 6.52. The fourth-order valence-electron chi connectivity index (χ4n) is 3.12. The summed E-state index contributed by atoms with van der Waals surface area (Å²) in [7, 11) is 0. The van der Waals surface area contributed by atoms with E-state index in [0.29, 0.717) is 0 Å². The minimum Gasteiger partial charge on any atom is -0.346 e. The summed E-state index contributed by atoms with van der Waals surface area (Å²) >= 11 is 0. The molecule has 0 aromatic carbocycles. The third kappa shape index (κ3) is 2.17. The molecule has 1 aromatic rings. The number of hydrogen-bond donors (Lipinski definition) is 1. The van der Waals surface area contributed by atoms with Gasteiger partial charge in [0.2, 0.25) is 0 Å². The Bertz CT molecular complexity index is 357. The van der Waals surface area contributed by atoms with E-state index in [1.165, 1.54) is 42.6 Å². The molecule has 2 rings (SSSR count). The molecule has 2 nitrogen and oxygen atoms in total. The van der Waals surface area contributed by atoms with Gasteiger partial charge >= 0.3 is 0 Å². The van der Waals surface area contributed by atoms with Crippen molar-refractivity contribution >= 4 is 0 Å². The Balaban J connectivity index is 2.27. The lowest BCUT2D eigenvalue weighted by Crippen LogP contribution is -2.18. The molecular weight excluding hydrogens is 196 g/mol. The van der Waals surface area contributed by atoms with Gasteiger partial charge in [0.25, 0.3) is 0 Å². The molecule has 0 bridgehead atoms. The molecule has 0 amide bonds. The third-order valence-electron chi connectivity index (χ3n) is 3.82. The van der Waals surface area contributed by atoms with Crippen molar-refractivity contribution in [2.75, 3.05) is 0 Å². The summed E-state index contributed by atoms with van der Waals surface area (Å²) in [6, 6.07) is 3.34. The van der Waals surface area contributed by atoms with E-state index in [2.05, 4.69) is 31.4 Å². The van der Waals surface area contributed by atoms with Crippen molar-refractivity contribution < 1.29 is 0 Å². The summed E-state index contributed by atoms with van der Waals surface area (Å²) in [5.41, 5.74) is 10.2. The highest BCUT2D eigenvalue weighted by Crippen LogP contribution is 2.33. The Morgan fingerprint density at radius 1 is 1.38 bits per heavy atom. The van der Waals surface area contributed by atoms with Crippen LogP contribution in [0, 0.1) is 13.8 Å². The zero-order valence-corrected chi connectivity index (χ0v) is 10.8. The first kappa shape index (κ1) is 11.7. The summed E-state index contributed by atoms with van der Waals surface area (Å²) in [4.78, 5) is 0. The van der Waals surface area contributed by atoms with Crippen LogP contribution in [0.5, 0.6) is 0 Å². The van der Waals surface area contributed by atoms with Crippen molar-refractivity contribution in [2.24, 2.45) is 5.73 Å². The second-order valence-corrected chi connectivity index (χ2v) is 5.39. The Labute approximate surface area is 98.8 Å². The second kappa shape index (κ2) is 4.62. The average molecular weight is 220 g/mol. The first-order valence-electron chi connectivity index (χ1n) is 6.52. The maximum Gasteiger partial charge on any atom is 0.0335 e. The maximum atomic E-state index is 5.90. The van der Waals surface area contributed by atoms with Crippen molar-refractivity contribution in [1.29, 1.82) is 0 Å². The number of aryl methyl sites for hydroxylation is 1. The molecule has 1 unspecified atom stereocenters.